The number of halogens is 1. The molecule has 1 aromatic carbocycles. The summed E-state index contributed by atoms with van der Waals surface area (Å²) in [6.45, 7) is 0. The van der Waals surface area contributed by atoms with Crippen LogP contribution in [0.15, 0.2) is 24.3 Å². The van der Waals surface area contributed by atoms with Gasteiger partial charge in [0, 0.05) is 5.02 Å². The van der Waals surface area contributed by atoms with Crippen molar-refractivity contribution in [2.45, 2.75) is 6.04 Å². The van der Waals surface area contributed by atoms with Crippen LogP contribution in [-0.4, -0.2) is 7.05 Å². The minimum Gasteiger partial charge on any atom is -0.303 e. The molecule has 0 aliphatic carbocycles. The first-order valence-corrected chi connectivity index (χ1v) is 4.04. The van der Waals surface area contributed by atoms with Gasteiger partial charge in [-0.25, -0.2) is 0 Å². The molecule has 2 heteroatoms. The lowest BCUT2D eigenvalue weighted by molar-refractivity contribution is 0.737. The van der Waals surface area contributed by atoms with E-state index in [1.54, 1.807) is 0 Å². The molecule has 0 heterocycles. The Morgan fingerprint density at radius 1 is 1.58 bits per heavy atom. The van der Waals surface area contributed by atoms with E-state index < -0.39 is 0 Å². The van der Waals surface area contributed by atoms with Gasteiger partial charge in [-0.2, -0.15) is 0 Å². The van der Waals surface area contributed by atoms with Crippen molar-refractivity contribution >= 4 is 11.6 Å². The fourth-order valence-electron chi connectivity index (χ4n) is 1.03. The Labute approximate surface area is 77.7 Å². The zero-order valence-corrected chi connectivity index (χ0v) is 7.60. The van der Waals surface area contributed by atoms with Crippen LogP contribution in [0.1, 0.15) is 11.6 Å². The van der Waals surface area contributed by atoms with Crippen LogP contribution in [0.25, 0.3) is 0 Å². The molecular weight excluding hydrogens is 170 g/mol. The van der Waals surface area contributed by atoms with Crippen LogP contribution >= 0.6 is 11.6 Å². The van der Waals surface area contributed by atoms with Crippen LogP contribution in [0.3, 0.4) is 0 Å². The van der Waals surface area contributed by atoms with E-state index in [2.05, 4.69) is 11.2 Å². The second-order valence-electron chi connectivity index (χ2n) is 2.44. The topological polar surface area (TPSA) is 12.0 Å². The first-order valence-electron chi connectivity index (χ1n) is 3.67. The minimum absolute atomic E-state index is 0.0521. The first kappa shape index (κ1) is 9.12. The van der Waals surface area contributed by atoms with Gasteiger partial charge in [-0.05, 0) is 24.7 Å². The smallest absolute Gasteiger partial charge is 0.0941 e. The van der Waals surface area contributed by atoms with Gasteiger partial charge in [-0.15, -0.1) is 6.42 Å². The zero-order valence-electron chi connectivity index (χ0n) is 6.84. The van der Waals surface area contributed by atoms with E-state index >= 15 is 0 Å². The molecule has 0 aliphatic heterocycles. The van der Waals surface area contributed by atoms with E-state index in [0.29, 0.717) is 5.02 Å². The largest absolute Gasteiger partial charge is 0.303 e. The van der Waals surface area contributed by atoms with Crippen molar-refractivity contribution in [1.29, 1.82) is 0 Å². The van der Waals surface area contributed by atoms with Crippen LogP contribution < -0.4 is 5.32 Å². The van der Waals surface area contributed by atoms with Gasteiger partial charge in [-0.3, -0.25) is 0 Å². The SMILES string of the molecule is C#CC(NC)c1cccc(Cl)c1. The Bertz CT molecular complexity index is 301. The summed E-state index contributed by atoms with van der Waals surface area (Å²) in [6.07, 6.45) is 5.31. The van der Waals surface area contributed by atoms with Crippen molar-refractivity contribution < 1.29 is 0 Å². The van der Waals surface area contributed by atoms with E-state index in [9.17, 15) is 0 Å². The van der Waals surface area contributed by atoms with Crippen molar-refractivity contribution in [3.05, 3.63) is 34.9 Å². The number of benzene rings is 1. The standard InChI is InChI=1S/C10H10ClN/c1-3-10(12-2)8-5-4-6-9(11)7-8/h1,4-7,10,12H,2H3. The molecule has 1 rings (SSSR count). The summed E-state index contributed by atoms with van der Waals surface area (Å²) in [5.41, 5.74) is 1.02. The van der Waals surface area contributed by atoms with E-state index in [0.717, 1.165) is 5.56 Å². The Morgan fingerprint density at radius 2 is 2.33 bits per heavy atom. The van der Waals surface area contributed by atoms with Gasteiger partial charge in [0.1, 0.15) is 0 Å². The zero-order chi connectivity index (χ0) is 8.97. The third-order valence-electron chi connectivity index (χ3n) is 1.64. The lowest BCUT2D eigenvalue weighted by atomic mass is 10.1. The highest BCUT2D eigenvalue weighted by Gasteiger charge is 2.03. The quantitative estimate of drug-likeness (QED) is 0.687. The molecule has 62 valence electrons. The van der Waals surface area contributed by atoms with Gasteiger partial charge in [0.2, 0.25) is 0 Å². The summed E-state index contributed by atoms with van der Waals surface area (Å²) in [4.78, 5) is 0. The van der Waals surface area contributed by atoms with Crippen LogP contribution in [0.4, 0.5) is 0 Å². The van der Waals surface area contributed by atoms with E-state index in [1.807, 2.05) is 31.3 Å². The van der Waals surface area contributed by atoms with Crippen molar-refractivity contribution in [2.75, 3.05) is 7.05 Å². The molecule has 0 aliphatic rings. The highest BCUT2D eigenvalue weighted by atomic mass is 35.5. The van der Waals surface area contributed by atoms with Crippen molar-refractivity contribution in [1.82, 2.24) is 5.32 Å². The molecule has 12 heavy (non-hydrogen) atoms. The Kier molecular flexibility index (Phi) is 3.16. The number of hydrogen-bond donors (Lipinski definition) is 1. The van der Waals surface area contributed by atoms with E-state index in [1.165, 1.54) is 0 Å². The van der Waals surface area contributed by atoms with Gasteiger partial charge in [0.05, 0.1) is 6.04 Å². The highest BCUT2D eigenvalue weighted by molar-refractivity contribution is 6.30. The molecule has 0 spiro atoms. The summed E-state index contributed by atoms with van der Waals surface area (Å²) in [6, 6.07) is 7.48. The number of rotatable bonds is 2. The number of nitrogens with one attached hydrogen (secondary N) is 1. The maximum absolute atomic E-state index is 5.81. The molecule has 0 bridgehead atoms. The minimum atomic E-state index is -0.0521. The highest BCUT2D eigenvalue weighted by Crippen LogP contribution is 2.16. The maximum Gasteiger partial charge on any atom is 0.0941 e. The Morgan fingerprint density at radius 3 is 2.83 bits per heavy atom. The molecule has 1 atom stereocenters. The fraction of sp³-hybridized carbons (Fsp3) is 0.200. The molecule has 1 nitrogen and oxygen atoms in total. The molecule has 1 N–H and O–H groups in total. The summed E-state index contributed by atoms with van der Waals surface area (Å²) >= 11 is 5.81. The summed E-state index contributed by atoms with van der Waals surface area (Å²) in [5, 5.41) is 3.71. The molecule has 1 unspecified atom stereocenters. The third kappa shape index (κ3) is 2.01. The van der Waals surface area contributed by atoms with E-state index in [4.69, 9.17) is 18.0 Å². The number of terminal acetylenes is 1. The second-order valence-corrected chi connectivity index (χ2v) is 2.88. The lowest BCUT2D eigenvalue weighted by Gasteiger charge is -2.08. The molecule has 0 radical (unpaired) electrons. The first-order chi connectivity index (χ1) is 5.77. The fourth-order valence-corrected chi connectivity index (χ4v) is 1.23. The lowest BCUT2D eigenvalue weighted by Crippen LogP contribution is -2.13. The van der Waals surface area contributed by atoms with Gasteiger partial charge >= 0.3 is 0 Å². The summed E-state index contributed by atoms with van der Waals surface area (Å²) < 4.78 is 0. The third-order valence-corrected chi connectivity index (χ3v) is 1.87. The van der Waals surface area contributed by atoms with Gasteiger partial charge in [0.25, 0.3) is 0 Å². The molecule has 0 saturated carbocycles. The van der Waals surface area contributed by atoms with Crippen LogP contribution in [-0.2, 0) is 0 Å². The summed E-state index contributed by atoms with van der Waals surface area (Å²) in [7, 11) is 1.82. The van der Waals surface area contributed by atoms with Crippen molar-refractivity contribution in [2.24, 2.45) is 0 Å². The Balaban J connectivity index is 2.95. The molecule has 0 aromatic heterocycles. The van der Waals surface area contributed by atoms with Crippen LogP contribution in [0.5, 0.6) is 0 Å². The average molecular weight is 180 g/mol. The van der Waals surface area contributed by atoms with Gasteiger partial charge in [-0.1, -0.05) is 29.7 Å². The summed E-state index contributed by atoms with van der Waals surface area (Å²) in [5.74, 6) is 2.63. The van der Waals surface area contributed by atoms with Gasteiger partial charge in [0.15, 0.2) is 0 Å². The van der Waals surface area contributed by atoms with Crippen LogP contribution in [0.2, 0.25) is 5.02 Å². The van der Waals surface area contributed by atoms with Crippen molar-refractivity contribution in [3.8, 4) is 12.3 Å². The molecule has 0 saturated heterocycles. The predicted molar refractivity (Wildman–Crippen MR) is 52.1 cm³/mol. The Hall–Kier alpha value is -0.970. The van der Waals surface area contributed by atoms with Crippen molar-refractivity contribution in [3.63, 3.8) is 0 Å². The monoisotopic (exact) mass is 179 g/mol. The second kappa shape index (κ2) is 4.15. The predicted octanol–water partition coefficient (Wildman–Crippen LogP) is 2.23. The molecule has 0 fully saturated rings. The average Bonchev–Trinajstić information content (AvgIpc) is 2.07. The maximum atomic E-state index is 5.81. The van der Waals surface area contributed by atoms with E-state index in [-0.39, 0.29) is 6.04 Å². The number of hydrogen-bond acceptors (Lipinski definition) is 1. The molecule has 0 amide bonds. The normalized spacial score (nSPS) is 12.1. The molecular formula is C10H10ClN. The van der Waals surface area contributed by atoms with Gasteiger partial charge < -0.3 is 5.32 Å². The molecule has 1 aromatic rings. The van der Waals surface area contributed by atoms with Crippen LogP contribution in [0, 0.1) is 12.3 Å².